The molecule has 2 heterocycles. The number of aryl methyl sites for hydroxylation is 2. The van der Waals surface area contributed by atoms with Gasteiger partial charge in [0.25, 0.3) is 0 Å². The summed E-state index contributed by atoms with van der Waals surface area (Å²) in [5.41, 5.74) is 3.41. The molecule has 0 fully saturated rings. The highest BCUT2D eigenvalue weighted by atomic mass is 16.5. The van der Waals surface area contributed by atoms with Crippen LogP contribution in [0.25, 0.3) is 5.65 Å². The van der Waals surface area contributed by atoms with Crippen molar-refractivity contribution in [1.29, 1.82) is 0 Å². The Kier molecular flexibility index (Phi) is 3.02. The molecular formula is C12H16N2O. The summed E-state index contributed by atoms with van der Waals surface area (Å²) in [5.74, 6) is 0. The predicted molar refractivity (Wildman–Crippen MR) is 60.1 cm³/mol. The number of hydrogen-bond donors (Lipinski definition) is 0. The van der Waals surface area contributed by atoms with Crippen LogP contribution in [0.4, 0.5) is 0 Å². The van der Waals surface area contributed by atoms with Crippen molar-refractivity contribution in [2.75, 3.05) is 13.7 Å². The monoisotopic (exact) mass is 204 g/mol. The molecule has 2 aromatic heterocycles. The molecule has 0 saturated carbocycles. The van der Waals surface area contributed by atoms with Gasteiger partial charge in [0.2, 0.25) is 0 Å². The average molecular weight is 204 g/mol. The number of fused-ring (bicyclic) bond motifs is 1. The van der Waals surface area contributed by atoms with Crippen LogP contribution in [0.5, 0.6) is 0 Å². The van der Waals surface area contributed by atoms with E-state index in [0.29, 0.717) is 0 Å². The minimum absolute atomic E-state index is 0.799. The number of methoxy groups -OCH3 is 1. The Bertz CT molecular complexity index is 448. The number of rotatable bonds is 4. The molecule has 0 spiro atoms. The van der Waals surface area contributed by atoms with Gasteiger partial charge in [0, 0.05) is 26.1 Å². The molecule has 3 heteroatoms. The lowest BCUT2D eigenvalue weighted by atomic mass is 10.3. The van der Waals surface area contributed by atoms with E-state index in [1.54, 1.807) is 7.11 Å². The van der Waals surface area contributed by atoms with Crippen LogP contribution in [0.1, 0.15) is 17.7 Å². The highest BCUT2D eigenvalue weighted by Gasteiger charge is 2.00. The van der Waals surface area contributed by atoms with Crippen molar-refractivity contribution < 1.29 is 4.74 Å². The highest BCUT2D eigenvalue weighted by Crippen LogP contribution is 2.08. The molecule has 0 unspecified atom stereocenters. The van der Waals surface area contributed by atoms with Gasteiger partial charge in [-0.2, -0.15) is 0 Å². The smallest absolute Gasteiger partial charge is 0.137 e. The zero-order chi connectivity index (χ0) is 10.7. The molecule has 0 N–H and O–H groups in total. The van der Waals surface area contributed by atoms with Gasteiger partial charge in [-0.25, -0.2) is 4.98 Å². The van der Waals surface area contributed by atoms with Crippen molar-refractivity contribution in [2.24, 2.45) is 0 Å². The van der Waals surface area contributed by atoms with Crippen LogP contribution in [0.2, 0.25) is 0 Å². The summed E-state index contributed by atoms with van der Waals surface area (Å²) in [6.45, 7) is 2.88. The first-order valence-corrected chi connectivity index (χ1v) is 5.23. The number of ether oxygens (including phenoxy) is 1. The Morgan fingerprint density at radius 1 is 1.47 bits per heavy atom. The fraction of sp³-hybridized carbons (Fsp3) is 0.417. The van der Waals surface area contributed by atoms with E-state index in [9.17, 15) is 0 Å². The van der Waals surface area contributed by atoms with Crippen molar-refractivity contribution in [2.45, 2.75) is 19.8 Å². The fourth-order valence-electron chi connectivity index (χ4n) is 1.65. The minimum Gasteiger partial charge on any atom is -0.385 e. The Hall–Kier alpha value is -1.35. The zero-order valence-corrected chi connectivity index (χ0v) is 9.23. The molecule has 0 bridgehead atoms. The van der Waals surface area contributed by atoms with Crippen LogP contribution in [-0.4, -0.2) is 23.1 Å². The summed E-state index contributed by atoms with van der Waals surface area (Å²) in [5, 5.41) is 0. The molecule has 0 amide bonds. The van der Waals surface area contributed by atoms with Crippen molar-refractivity contribution in [3.05, 3.63) is 35.8 Å². The Morgan fingerprint density at radius 3 is 3.13 bits per heavy atom. The van der Waals surface area contributed by atoms with Crippen LogP contribution >= 0.6 is 0 Å². The highest BCUT2D eigenvalue weighted by molar-refractivity contribution is 5.42. The normalized spacial score (nSPS) is 11.1. The van der Waals surface area contributed by atoms with Crippen LogP contribution in [0.3, 0.4) is 0 Å². The van der Waals surface area contributed by atoms with E-state index < -0.39 is 0 Å². The standard InChI is InChI=1S/C12H16N2O/c1-10-5-6-14-9-11(4-3-7-15-2)13-12(14)8-10/h5-6,8-9H,3-4,7H2,1-2H3. The van der Waals surface area contributed by atoms with Crippen LogP contribution in [0.15, 0.2) is 24.5 Å². The lowest BCUT2D eigenvalue weighted by molar-refractivity contribution is 0.195. The maximum Gasteiger partial charge on any atom is 0.137 e. The molecule has 2 rings (SSSR count). The first-order valence-electron chi connectivity index (χ1n) is 5.23. The van der Waals surface area contributed by atoms with Crippen LogP contribution in [0, 0.1) is 6.92 Å². The van der Waals surface area contributed by atoms with Gasteiger partial charge in [0.1, 0.15) is 5.65 Å². The third-order valence-electron chi connectivity index (χ3n) is 2.45. The largest absolute Gasteiger partial charge is 0.385 e. The Morgan fingerprint density at radius 2 is 2.33 bits per heavy atom. The van der Waals surface area contributed by atoms with Crippen LogP contribution in [-0.2, 0) is 11.2 Å². The molecule has 15 heavy (non-hydrogen) atoms. The third-order valence-corrected chi connectivity index (χ3v) is 2.45. The van der Waals surface area contributed by atoms with E-state index in [1.165, 1.54) is 5.56 Å². The van der Waals surface area contributed by atoms with Gasteiger partial charge in [-0.15, -0.1) is 0 Å². The average Bonchev–Trinajstić information content (AvgIpc) is 2.60. The number of imidazole rings is 1. The summed E-state index contributed by atoms with van der Waals surface area (Å²) < 4.78 is 7.09. The lowest BCUT2D eigenvalue weighted by Crippen LogP contribution is -1.92. The molecule has 0 aliphatic heterocycles. The lowest BCUT2D eigenvalue weighted by Gasteiger charge is -1.94. The van der Waals surface area contributed by atoms with Gasteiger partial charge >= 0.3 is 0 Å². The molecule has 0 aliphatic carbocycles. The van der Waals surface area contributed by atoms with Gasteiger partial charge in [-0.05, 0) is 37.5 Å². The quantitative estimate of drug-likeness (QED) is 0.714. The van der Waals surface area contributed by atoms with E-state index in [0.717, 1.165) is 30.8 Å². The second-order valence-electron chi connectivity index (χ2n) is 3.80. The molecule has 80 valence electrons. The van der Waals surface area contributed by atoms with Crippen LogP contribution < -0.4 is 0 Å². The fourth-order valence-corrected chi connectivity index (χ4v) is 1.65. The molecular weight excluding hydrogens is 188 g/mol. The summed E-state index contributed by atoms with van der Waals surface area (Å²) in [4.78, 5) is 4.55. The number of pyridine rings is 1. The summed E-state index contributed by atoms with van der Waals surface area (Å²) in [7, 11) is 1.73. The molecule has 0 saturated heterocycles. The number of aromatic nitrogens is 2. The van der Waals surface area contributed by atoms with E-state index in [2.05, 4.69) is 40.8 Å². The zero-order valence-electron chi connectivity index (χ0n) is 9.23. The molecule has 0 radical (unpaired) electrons. The third kappa shape index (κ3) is 2.36. The van der Waals surface area contributed by atoms with E-state index in [-0.39, 0.29) is 0 Å². The van der Waals surface area contributed by atoms with Gasteiger partial charge < -0.3 is 9.14 Å². The molecule has 3 nitrogen and oxygen atoms in total. The second-order valence-corrected chi connectivity index (χ2v) is 3.80. The van der Waals surface area contributed by atoms with E-state index in [1.807, 2.05) is 0 Å². The predicted octanol–water partition coefficient (Wildman–Crippen LogP) is 2.22. The molecule has 0 aliphatic rings. The Balaban J connectivity index is 2.16. The topological polar surface area (TPSA) is 26.5 Å². The SMILES string of the molecule is COCCCc1cn2ccc(C)cc2n1. The molecule has 0 aromatic carbocycles. The molecule has 2 aromatic rings. The van der Waals surface area contributed by atoms with Gasteiger partial charge in [-0.1, -0.05) is 0 Å². The van der Waals surface area contributed by atoms with Gasteiger partial charge in [0.15, 0.2) is 0 Å². The first-order chi connectivity index (χ1) is 7.29. The maximum absolute atomic E-state index is 5.02. The maximum atomic E-state index is 5.02. The van der Waals surface area contributed by atoms with Gasteiger partial charge in [0.05, 0.1) is 5.69 Å². The van der Waals surface area contributed by atoms with Crippen molar-refractivity contribution in [3.63, 3.8) is 0 Å². The Labute approximate surface area is 89.7 Å². The van der Waals surface area contributed by atoms with E-state index in [4.69, 9.17) is 4.74 Å². The number of hydrogen-bond acceptors (Lipinski definition) is 2. The minimum atomic E-state index is 0.799. The summed E-state index contributed by atoms with van der Waals surface area (Å²) >= 11 is 0. The summed E-state index contributed by atoms with van der Waals surface area (Å²) in [6, 6.07) is 4.19. The second kappa shape index (κ2) is 4.45. The van der Waals surface area contributed by atoms with Crippen molar-refractivity contribution >= 4 is 5.65 Å². The summed E-state index contributed by atoms with van der Waals surface area (Å²) in [6.07, 6.45) is 6.15. The number of nitrogens with zero attached hydrogens (tertiary/aromatic N) is 2. The van der Waals surface area contributed by atoms with Gasteiger partial charge in [-0.3, -0.25) is 0 Å². The van der Waals surface area contributed by atoms with Crippen molar-refractivity contribution in [1.82, 2.24) is 9.38 Å². The first kappa shape index (κ1) is 10.2. The van der Waals surface area contributed by atoms with E-state index >= 15 is 0 Å². The molecule has 0 atom stereocenters. The van der Waals surface area contributed by atoms with Crippen molar-refractivity contribution in [3.8, 4) is 0 Å².